The van der Waals surface area contributed by atoms with Gasteiger partial charge >= 0.3 is 0 Å². The van der Waals surface area contributed by atoms with Crippen LogP contribution in [0.4, 0.5) is 5.13 Å². The second kappa shape index (κ2) is 8.52. The van der Waals surface area contributed by atoms with Gasteiger partial charge in [-0.05, 0) is 0 Å². The number of thiazole rings is 1. The summed E-state index contributed by atoms with van der Waals surface area (Å²) in [6.45, 7) is 2.17. The topological polar surface area (TPSA) is 77.5 Å². The van der Waals surface area contributed by atoms with Gasteiger partial charge in [-0.25, -0.2) is 4.98 Å². The lowest BCUT2D eigenvalue weighted by Gasteiger charge is -2.03. The van der Waals surface area contributed by atoms with Crippen molar-refractivity contribution in [2.45, 2.75) is 6.92 Å². The fourth-order valence-corrected chi connectivity index (χ4v) is 2.77. The molecule has 1 amide bonds. The van der Waals surface area contributed by atoms with E-state index < -0.39 is 0 Å². The van der Waals surface area contributed by atoms with Crippen LogP contribution < -0.4 is 5.32 Å². The van der Waals surface area contributed by atoms with Crippen LogP contribution >= 0.6 is 11.3 Å². The van der Waals surface area contributed by atoms with Gasteiger partial charge in [-0.15, -0.1) is 0 Å². The van der Waals surface area contributed by atoms with Crippen LogP contribution in [0.25, 0.3) is 11.3 Å². The Bertz CT molecular complexity index is 670. The molecule has 122 valence electrons. The third-order valence-corrected chi connectivity index (χ3v) is 3.98. The smallest absolute Gasteiger partial charge is 0.252 e. The van der Waals surface area contributed by atoms with Gasteiger partial charge in [0.1, 0.15) is 6.61 Å². The minimum atomic E-state index is -0.315. The summed E-state index contributed by atoms with van der Waals surface area (Å²) in [6, 6.07) is 9.40. The Morgan fingerprint density at radius 3 is 2.61 bits per heavy atom. The fraction of sp³-hybridized carbons (Fsp3) is 0.312. The average Bonchev–Trinajstić information content (AvgIpc) is 2.96. The molecule has 0 aliphatic heterocycles. The summed E-state index contributed by atoms with van der Waals surface area (Å²) in [5.41, 5.74) is 1.42. The molecule has 0 radical (unpaired) electrons. The molecule has 1 N–H and O–H groups in total. The van der Waals surface area contributed by atoms with E-state index in [0.717, 1.165) is 16.9 Å². The molecule has 23 heavy (non-hydrogen) atoms. The van der Waals surface area contributed by atoms with Gasteiger partial charge in [-0.2, -0.15) is 0 Å². The number of ketones is 1. The Hall–Kier alpha value is -2.09. The van der Waals surface area contributed by atoms with Crippen molar-refractivity contribution in [3.63, 3.8) is 0 Å². The molecule has 2 aromatic rings. The van der Waals surface area contributed by atoms with E-state index in [9.17, 15) is 9.59 Å². The van der Waals surface area contributed by atoms with E-state index >= 15 is 0 Å². The summed E-state index contributed by atoms with van der Waals surface area (Å²) in [5.74, 6) is -0.400. The molecule has 0 saturated carbocycles. The first kappa shape index (κ1) is 17.3. The molecule has 0 atom stereocenters. The van der Waals surface area contributed by atoms with Crippen LogP contribution in [0, 0.1) is 0 Å². The molecule has 0 fully saturated rings. The molecule has 1 aromatic carbocycles. The first-order valence-electron chi connectivity index (χ1n) is 7.05. The number of hydrogen-bond donors (Lipinski definition) is 1. The molecule has 1 aromatic heterocycles. The highest BCUT2D eigenvalue weighted by Crippen LogP contribution is 2.31. The van der Waals surface area contributed by atoms with Crippen LogP contribution in [-0.2, 0) is 14.3 Å². The zero-order chi connectivity index (χ0) is 16.7. The Labute approximate surface area is 138 Å². The van der Waals surface area contributed by atoms with Crippen molar-refractivity contribution >= 4 is 28.2 Å². The van der Waals surface area contributed by atoms with Crippen molar-refractivity contribution in [2.75, 3.05) is 32.2 Å². The minimum Gasteiger partial charge on any atom is -0.382 e. The third-order valence-electron chi connectivity index (χ3n) is 2.91. The zero-order valence-electron chi connectivity index (χ0n) is 13.0. The minimum absolute atomic E-state index is 0.0843. The maximum Gasteiger partial charge on any atom is 0.252 e. The summed E-state index contributed by atoms with van der Waals surface area (Å²) in [6.07, 6.45) is 0. The number of benzene rings is 1. The maximum absolute atomic E-state index is 11.8. The molecule has 0 aliphatic carbocycles. The van der Waals surface area contributed by atoms with E-state index in [1.54, 1.807) is 7.11 Å². The predicted molar refractivity (Wildman–Crippen MR) is 88.9 cm³/mol. The van der Waals surface area contributed by atoms with Gasteiger partial charge in [0.25, 0.3) is 5.91 Å². The van der Waals surface area contributed by atoms with Crippen LogP contribution in [0.5, 0.6) is 0 Å². The monoisotopic (exact) mass is 334 g/mol. The van der Waals surface area contributed by atoms with Gasteiger partial charge in [0.05, 0.1) is 23.8 Å². The summed E-state index contributed by atoms with van der Waals surface area (Å²) in [4.78, 5) is 28.5. The van der Waals surface area contributed by atoms with Crippen LogP contribution in [0.15, 0.2) is 30.3 Å². The molecule has 0 saturated heterocycles. The Morgan fingerprint density at radius 1 is 1.22 bits per heavy atom. The van der Waals surface area contributed by atoms with Crippen molar-refractivity contribution < 1.29 is 19.1 Å². The summed E-state index contributed by atoms with van der Waals surface area (Å²) >= 11 is 1.16. The fourth-order valence-electron chi connectivity index (χ4n) is 1.87. The summed E-state index contributed by atoms with van der Waals surface area (Å²) in [7, 11) is 1.56. The number of rotatable bonds is 8. The Kier molecular flexibility index (Phi) is 6.40. The Balaban J connectivity index is 2.09. The zero-order valence-corrected chi connectivity index (χ0v) is 13.8. The second-order valence-electron chi connectivity index (χ2n) is 4.71. The maximum atomic E-state index is 11.8. The number of carbonyl (C=O) groups is 2. The van der Waals surface area contributed by atoms with Gasteiger partial charge in [0, 0.05) is 19.6 Å². The number of anilines is 1. The van der Waals surface area contributed by atoms with Gasteiger partial charge in [0.2, 0.25) is 0 Å². The molecule has 0 spiro atoms. The predicted octanol–water partition coefficient (Wildman–Crippen LogP) is 2.61. The molecular weight excluding hydrogens is 316 g/mol. The summed E-state index contributed by atoms with van der Waals surface area (Å²) in [5, 5.41) is 3.04. The van der Waals surface area contributed by atoms with E-state index in [2.05, 4.69) is 10.3 Å². The van der Waals surface area contributed by atoms with Gasteiger partial charge in [-0.3, -0.25) is 14.9 Å². The first-order valence-corrected chi connectivity index (χ1v) is 7.87. The highest BCUT2D eigenvalue weighted by Gasteiger charge is 2.17. The van der Waals surface area contributed by atoms with Crippen LogP contribution in [0.3, 0.4) is 0 Å². The number of nitrogens with zero attached hydrogens (tertiary/aromatic N) is 1. The van der Waals surface area contributed by atoms with Crippen molar-refractivity contribution in [3.8, 4) is 11.3 Å². The first-order chi connectivity index (χ1) is 11.1. The number of Topliss-reactive ketones (excluding diaryl/α,β-unsaturated/α-hetero) is 1. The number of hydrogen-bond acceptors (Lipinski definition) is 6. The number of amides is 1. The highest BCUT2D eigenvalue weighted by atomic mass is 32.1. The van der Waals surface area contributed by atoms with E-state index in [4.69, 9.17) is 9.47 Å². The third kappa shape index (κ3) is 4.95. The number of aromatic nitrogens is 1. The van der Waals surface area contributed by atoms with E-state index in [0.29, 0.717) is 28.9 Å². The molecule has 0 aliphatic rings. The van der Waals surface area contributed by atoms with Crippen molar-refractivity contribution in [1.82, 2.24) is 4.98 Å². The van der Waals surface area contributed by atoms with Gasteiger partial charge < -0.3 is 9.47 Å². The lowest BCUT2D eigenvalue weighted by atomic mass is 10.1. The molecule has 1 heterocycles. The van der Waals surface area contributed by atoms with Crippen LogP contribution in [0.2, 0.25) is 0 Å². The number of nitrogens with one attached hydrogen (secondary N) is 1. The largest absolute Gasteiger partial charge is 0.382 e. The van der Waals surface area contributed by atoms with Gasteiger partial charge in [0.15, 0.2) is 10.9 Å². The molecule has 0 bridgehead atoms. The van der Waals surface area contributed by atoms with E-state index in [-0.39, 0.29) is 18.3 Å². The molecule has 7 heteroatoms. The quantitative estimate of drug-likeness (QED) is 0.593. The second-order valence-corrected chi connectivity index (χ2v) is 5.71. The van der Waals surface area contributed by atoms with Crippen molar-refractivity contribution in [1.29, 1.82) is 0 Å². The normalized spacial score (nSPS) is 10.5. The lowest BCUT2D eigenvalue weighted by molar-refractivity contribution is -0.121. The number of methoxy groups -OCH3 is 1. The van der Waals surface area contributed by atoms with Crippen molar-refractivity contribution in [2.24, 2.45) is 0 Å². The standard InChI is InChI=1S/C16H18N2O4S/c1-11(19)15-14(12-6-4-3-5-7-12)18-16(23-15)17-13(20)10-22-9-8-21-2/h3-7H,8-10H2,1-2H3,(H,17,18,20). The Morgan fingerprint density at radius 2 is 1.96 bits per heavy atom. The number of ether oxygens (including phenoxy) is 2. The lowest BCUT2D eigenvalue weighted by Crippen LogP contribution is -2.19. The average molecular weight is 334 g/mol. The summed E-state index contributed by atoms with van der Waals surface area (Å²) < 4.78 is 9.98. The van der Waals surface area contributed by atoms with E-state index in [1.807, 2.05) is 30.3 Å². The molecular formula is C16H18N2O4S. The SMILES string of the molecule is COCCOCC(=O)Nc1nc(-c2ccccc2)c(C(C)=O)s1. The van der Waals surface area contributed by atoms with Crippen LogP contribution in [0.1, 0.15) is 16.6 Å². The highest BCUT2D eigenvalue weighted by molar-refractivity contribution is 7.18. The molecule has 6 nitrogen and oxygen atoms in total. The van der Waals surface area contributed by atoms with E-state index in [1.165, 1.54) is 6.92 Å². The number of carbonyl (C=O) groups excluding carboxylic acids is 2. The van der Waals surface area contributed by atoms with Crippen molar-refractivity contribution in [3.05, 3.63) is 35.2 Å². The molecule has 0 unspecified atom stereocenters. The van der Waals surface area contributed by atoms with Crippen LogP contribution in [-0.4, -0.2) is 43.6 Å². The van der Waals surface area contributed by atoms with Gasteiger partial charge in [-0.1, -0.05) is 41.7 Å². The molecule has 2 rings (SSSR count).